The van der Waals surface area contributed by atoms with Gasteiger partial charge in [-0.2, -0.15) is 0 Å². The molecule has 218 valence electrons. The molecule has 1 aliphatic carbocycles. The molecule has 3 aromatic carbocycles. The number of benzene rings is 3. The van der Waals surface area contributed by atoms with E-state index in [0.29, 0.717) is 11.4 Å². The monoisotopic (exact) mass is 595 g/mol. The second kappa shape index (κ2) is 14.0. The van der Waals surface area contributed by atoms with Gasteiger partial charge in [0.2, 0.25) is 11.8 Å². The van der Waals surface area contributed by atoms with Crippen LogP contribution in [0.4, 0.5) is 5.69 Å². The molecule has 0 saturated heterocycles. The van der Waals surface area contributed by atoms with Crippen LogP contribution in [0.2, 0.25) is 5.02 Å². The lowest BCUT2D eigenvalue weighted by atomic mass is 9.95. The Labute approximate surface area is 248 Å². The number of carbonyl (C=O) groups excluding carboxylic acids is 2. The van der Waals surface area contributed by atoms with Crippen LogP contribution in [0.3, 0.4) is 0 Å². The SMILES string of the molecule is CCC(C(=O)NC1CCCCC1)N(Cc1cccc(C)c1)C(=O)CN(c1cccc(Cl)c1)S(=O)(=O)c1ccccc1. The molecule has 3 aromatic rings. The number of aryl methyl sites for hydroxylation is 1. The minimum absolute atomic E-state index is 0.0556. The molecule has 0 heterocycles. The summed E-state index contributed by atoms with van der Waals surface area (Å²) in [5.74, 6) is -0.683. The summed E-state index contributed by atoms with van der Waals surface area (Å²) in [5, 5.41) is 3.51. The number of rotatable bonds is 11. The van der Waals surface area contributed by atoms with Crippen LogP contribution >= 0.6 is 11.6 Å². The number of amides is 2. The maximum atomic E-state index is 14.2. The molecule has 1 aliphatic rings. The van der Waals surface area contributed by atoms with E-state index in [-0.39, 0.29) is 29.1 Å². The van der Waals surface area contributed by atoms with Crippen LogP contribution in [-0.2, 0) is 26.2 Å². The van der Waals surface area contributed by atoms with Crippen molar-refractivity contribution in [2.45, 2.75) is 75.9 Å². The Morgan fingerprint density at radius 1 is 0.951 bits per heavy atom. The molecule has 4 rings (SSSR count). The minimum Gasteiger partial charge on any atom is -0.352 e. The third-order valence-electron chi connectivity index (χ3n) is 7.48. The van der Waals surface area contributed by atoms with Crippen molar-refractivity contribution in [1.82, 2.24) is 10.2 Å². The summed E-state index contributed by atoms with van der Waals surface area (Å²) < 4.78 is 28.8. The van der Waals surface area contributed by atoms with Gasteiger partial charge < -0.3 is 10.2 Å². The fourth-order valence-electron chi connectivity index (χ4n) is 5.35. The smallest absolute Gasteiger partial charge is 0.264 e. The largest absolute Gasteiger partial charge is 0.352 e. The highest BCUT2D eigenvalue weighted by Gasteiger charge is 2.34. The minimum atomic E-state index is -4.13. The van der Waals surface area contributed by atoms with E-state index in [0.717, 1.165) is 47.5 Å². The average molecular weight is 596 g/mol. The lowest BCUT2D eigenvalue weighted by Crippen LogP contribution is -2.54. The highest BCUT2D eigenvalue weighted by Crippen LogP contribution is 2.27. The summed E-state index contributed by atoms with van der Waals surface area (Å²) in [7, 11) is -4.13. The first-order valence-electron chi connectivity index (χ1n) is 14.2. The van der Waals surface area contributed by atoms with E-state index < -0.39 is 28.5 Å². The van der Waals surface area contributed by atoms with Gasteiger partial charge in [0, 0.05) is 17.6 Å². The molecule has 41 heavy (non-hydrogen) atoms. The Bertz CT molecular complexity index is 1440. The van der Waals surface area contributed by atoms with E-state index in [4.69, 9.17) is 11.6 Å². The Morgan fingerprint density at radius 2 is 1.66 bits per heavy atom. The molecule has 1 unspecified atom stereocenters. The maximum absolute atomic E-state index is 14.2. The summed E-state index contributed by atoms with van der Waals surface area (Å²) in [6.45, 7) is 3.52. The van der Waals surface area contributed by atoms with Gasteiger partial charge in [-0.3, -0.25) is 13.9 Å². The molecule has 1 N–H and O–H groups in total. The number of nitrogens with zero attached hydrogens (tertiary/aromatic N) is 2. The normalized spacial score (nSPS) is 14.7. The van der Waals surface area contributed by atoms with E-state index >= 15 is 0 Å². The van der Waals surface area contributed by atoms with Gasteiger partial charge in [-0.1, -0.05) is 91.9 Å². The molecule has 1 atom stereocenters. The zero-order valence-electron chi connectivity index (χ0n) is 23.6. The Morgan fingerprint density at radius 3 is 2.32 bits per heavy atom. The highest BCUT2D eigenvalue weighted by atomic mass is 35.5. The number of carbonyl (C=O) groups is 2. The molecule has 2 amide bonds. The molecule has 0 radical (unpaired) electrons. The van der Waals surface area contributed by atoms with Gasteiger partial charge in [-0.25, -0.2) is 8.42 Å². The number of nitrogens with one attached hydrogen (secondary N) is 1. The van der Waals surface area contributed by atoms with Gasteiger partial charge >= 0.3 is 0 Å². The van der Waals surface area contributed by atoms with Crippen LogP contribution in [-0.4, -0.2) is 43.8 Å². The third-order valence-corrected chi connectivity index (χ3v) is 9.50. The topological polar surface area (TPSA) is 86.8 Å². The number of anilines is 1. The van der Waals surface area contributed by atoms with Gasteiger partial charge in [-0.05, 0) is 62.1 Å². The Kier molecular flexibility index (Phi) is 10.5. The van der Waals surface area contributed by atoms with Crippen LogP contribution in [0, 0.1) is 6.92 Å². The molecular formula is C32H38ClN3O4S. The van der Waals surface area contributed by atoms with Gasteiger partial charge in [0.05, 0.1) is 10.6 Å². The van der Waals surface area contributed by atoms with Crippen LogP contribution in [0.15, 0.2) is 83.8 Å². The molecule has 0 aliphatic heterocycles. The molecule has 0 spiro atoms. The van der Waals surface area contributed by atoms with Crippen LogP contribution in [0.25, 0.3) is 0 Å². The van der Waals surface area contributed by atoms with E-state index in [1.54, 1.807) is 36.4 Å². The lowest BCUT2D eigenvalue weighted by Gasteiger charge is -2.34. The fraction of sp³-hybridized carbons (Fsp3) is 0.375. The van der Waals surface area contributed by atoms with Gasteiger partial charge in [-0.15, -0.1) is 0 Å². The highest BCUT2D eigenvalue weighted by molar-refractivity contribution is 7.92. The zero-order chi connectivity index (χ0) is 29.4. The van der Waals surface area contributed by atoms with Crippen molar-refractivity contribution in [3.8, 4) is 0 Å². The number of sulfonamides is 1. The van der Waals surface area contributed by atoms with E-state index in [1.807, 2.05) is 38.1 Å². The quantitative estimate of drug-likeness (QED) is 0.290. The molecule has 0 bridgehead atoms. The number of hydrogen-bond donors (Lipinski definition) is 1. The van der Waals surface area contributed by atoms with Crippen molar-refractivity contribution in [2.24, 2.45) is 0 Å². The van der Waals surface area contributed by atoms with Gasteiger partial charge in [0.25, 0.3) is 10.0 Å². The van der Waals surface area contributed by atoms with Gasteiger partial charge in [0.15, 0.2) is 0 Å². The maximum Gasteiger partial charge on any atom is 0.264 e. The van der Waals surface area contributed by atoms with Crippen LogP contribution < -0.4 is 9.62 Å². The predicted molar refractivity (Wildman–Crippen MR) is 163 cm³/mol. The van der Waals surface area contributed by atoms with Crippen LogP contribution in [0.5, 0.6) is 0 Å². The predicted octanol–water partition coefficient (Wildman–Crippen LogP) is 6.10. The van der Waals surface area contributed by atoms with Crippen molar-refractivity contribution in [3.63, 3.8) is 0 Å². The fourth-order valence-corrected chi connectivity index (χ4v) is 6.96. The molecule has 1 fully saturated rings. The van der Waals surface area contributed by atoms with Crippen molar-refractivity contribution in [2.75, 3.05) is 10.8 Å². The van der Waals surface area contributed by atoms with E-state index in [9.17, 15) is 18.0 Å². The molecule has 0 aromatic heterocycles. The summed E-state index contributed by atoms with van der Waals surface area (Å²) in [6.07, 6.45) is 5.53. The van der Waals surface area contributed by atoms with Crippen LogP contribution in [0.1, 0.15) is 56.6 Å². The summed E-state index contributed by atoms with van der Waals surface area (Å²) in [6, 6.07) is 21.5. The Hall–Kier alpha value is -3.36. The molecule has 1 saturated carbocycles. The molecule has 7 nitrogen and oxygen atoms in total. The summed E-state index contributed by atoms with van der Waals surface area (Å²) >= 11 is 6.24. The van der Waals surface area contributed by atoms with Crippen molar-refractivity contribution < 1.29 is 18.0 Å². The molecule has 9 heteroatoms. The standard InChI is InChI=1S/C32H38ClN3O4S/c1-3-30(32(38)34-27-15-6-4-7-16-27)35(22-25-13-10-12-24(2)20-25)31(37)23-36(28-17-11-14-26(33)21-28)41(39,40)29-18-8-5-9-19-29/h5,8-14,17-21,27,30H,3-4,6-7,15-16,22-23H2,1-2H3,(H,34,38). The third kappa shape index (κ3) is 7.89. The van der Waals surface area contributed by atoms with Crippen molar-refractivity contribution in [3.05, 3.63) is 95.0 Å². The van der Waals surface area contributed by atoms with Crippen molar-refractivity contribution >= 4 is 39.1 Å². The zero-order valence-corrected chi connectivity index (χ0v) is 25.2. The second-order valence-electron chi connectivity index (χ2n) is 10.6. The number of hydrogen-bond acceptors (Lipinski definition) is 4. The Balaban J connectivity index is 1.70. The summed E-state index contributed by atoms with van der Waals surface area (Å²) in [5.41, 5.74) is 2.16. The first kappa shape index (κ1) is 30.6. The van der Waals surface area contributed by atoms with E-state index in [1.165, 1.54) is 23.1 Å². The average Bonchev–Trinajstić information content (AvgIpc) is 2.96. The lowest BCUT2D eigenvalue weighted by molar-refractivity contribution is -0.140. The summed E-state index contributed by atoms with van der Waals surface area (Å²) in [4.78, 5) is 29.4. The van der Waals surface area contributed by atoms with Gasteiger partial charge in [0.1, 0.15) is 12.6 Å². The van der Waals surface area contributed by atoms with Crippen molar-refractivity contribution in [1.29, 1.82) is 0 Å². The second-order valence-corrected chi connectivity index (χ2v) is 12.9. The molecular weight excluding hydrogens is 558 g/mol. The van der Waals surface area contributed by atoms with E-state index in [2.05, 4.69) is 5.32 Å². The number of halogens is 1. The first-order chi connectivity index (χ1) is 19.7. The first-order valence-corrected chi connectivity index (χ1v) is 16.0.